The minimum atomic E-state index is -0.630. The summed E-state index contributed by atoms with van der Waals surface area (Å²) in [6.45, 7) is 1.70. The summed E-state index contributed by atoms with van der Waals surface area (Å²) in [5.41, 5.74) is 1.06. The Bertz CT molecular complexity index is 644. The third-order valence-corrected chi connectivity index (χ3v) is 3.01. The molecule has 0 saturated carbocycles. The van der Waals surface area contributed by atoms with Gasteiger partial charge in [-0.15, -0.1) is 0 Å². The van der Waals surface area contributed by atoms with Crippen LogP contribution in [0.3, 0.4) is 0 Å². The second-order valence-electron chi connectivity index (χ2n) is 4.17. The van der Waals surface area contributed by atoms with Crippen LogP contribution in [-0.4, -0.2) is 6.03 Å². The molecule has 0 aliphatic rings. The van der Waals surface area contributed by atoms with Crippen molar-refractivity contribution < 1.29 is 13.6 Å². The molecule has 0 aromatic heterocycles. The minimum Gasteiger partial charge on any atom is -0.308 e. The van der Waals surface area contributed by atoms with Crippen molar-refractivity contribution in [1.82, 2.24) is 0 Å². The molecule has 0 saturated heterocycles. The number of rotatable bonds is 2. The highest BCUT2D eigenvalue weighted by Crippen LogP contribution is 2.23. The molecule has 0 unspecified atom stereocenters. The standard InChI is InChI=1S/C14H11ClF2N2O/c1-8-6-13(12(17)7-11(8)15)19-14(20)18-10-4-2-9(16)3-5-10/h2-7H,1H3,(H2,18,19,20). The van der Waals surface area contributed by atoms with Crippen LogP contribution in [0.25, 0.3) is 0 Å². The Morgan fingerprint density at radius 3 is 2.40 bits per heavy atom. The predicted molar refractivity (Wildman–Crippen MR) is 75.2 cm³/mol. The van der Waals surface area contributed by atoms with E-state index in [9.17, 15) is 13.6 Å². The maximum absolute atomic E-state index is 13.6. The molecule has 104 valence electrons. The number of hydrogen-bond donors (Lipinski definition) is 2. The molecule has 0 heterocycles. The average Bonchev–Trinajstić information content (AvgIpc) is 2.39. The van der Waals surface area contributed by atoms with E-state index in [1.807, 2.05) is 0 Å². The summed E-state index contributed by atoms with van der Waals surface area (Å²) in [6, 6.07) is 7.16. The van der Waals surface area contributed by atoms with E-state index in [2.05, 4.69) is 10.6 Å². The van der Waals surface area contributed by atoms with Crippen molar-refractivity contribution in [2.45, 2.75) is 6.92 Å². The van der Waals surface area contributed by atoms with Crippen LogP contribution < -0.4 is 10.6 Å². The van der Waals surface area contributed by atoms with Gasteiger partial charge in [0.2, 0.25) is 0 Å². The Hall–Kier alpha value is -2.14. The van der Waals surface area contributed by atoms with Crippen molar-refractivity contribution in [3.63, 3.8) is 0 Å². The third-order valence-electron chi connectivity index (χ3n) is 2.60. The highest BCUT2D eigenvalue weighted by atomic mass is 35.5. The second-order valence-corrected chi connectivity index (χ2v) is 4.57. The van der Waals surface area contributed by atoms with E-state index in [1.165, 1.54) is 30.3 Å². The molecule has 2 rings (SSSR count). The van der Waals surface area contributed by atoms with Crippen LogP contribution in [0.4, 0.5) is 25.0 Å². The lowest BCUT2D eigenvalue weighted by Gasteiger charge is -2.10. The summed E-state index contributed by atoms with van der Waals surface area (Å²) < 4.78 is 26.3. The molecule has 20 heavy (non-hydrogen) atoms. The van der Waals surface area contributed by atoms with Crippen LogP contribution in [-0.2, 0) is 0 Å². The van der Waals surface area contributed by atoms with E-state index in [0.29, 0.717) is 11.3 Å². The number of nitrogens with one attached hydrogen (secondary N) is 2. The zero-order chi connectivity index (χ0) is 14.7. The fraction of sp³-hybridized carbons (Fsp3) is 0.0714. The Morgan fingerprint density at radius 1 is 1.10 bits per heavy atom. The Balaban J connectivity index is 2.08. The topological polar surface area (TPSA) is 41.1 Å². The molecule has 0 aliphatic carbocycles. The molecule has 0 spiro atoms. The van der Waals surface area contributed by atoms with E-state index in [1.54, 1.807) is 6.92 Å². The zero-order valence-electron chi connectivity index (χ0n) is 10.5. The molecule has 0 atom stereocenters. The molecule has 0 radical (unpaired) electrons. The highest BCUT2D eigenvalue weighted by molar-refractivity contribution is 6.31. The molecular weight excluding hydrogens is 286 g/mol. The van der Waals surface area contributed by atoms with E-state index < -0.39 is 17.7 Å². The number of carbonyl (C=O) groups is 1. The van der Waals surface area contributed by atoms with Crippen LogP contribution in [0.1, 0.15) is 5.56 Å². The predicted octanol–water partition coefficient (Wildman–Crippen LogP) is 4.57. The fourth-order valence-electron chi connectivity index (χ4n) is 1.57. The quantitative estimate of drug-likeness (QED) is 0.837. The smallest absolute Gasteiger partial charge is 0.308 e. The lowest BCUT2D eigenvalue weighted by Crippen LogP contribution is -2.20. The maximum Gasteiger partial charge on any atom is 0.323 e. The van der Waals surface area contributed by atoms with Gasteiger partial charge in [-0.2, -0.15) is 0 Å². The fourth-order valence-corrected chi connectivity index (χ4v) is 1.72. The maximum atomic E-state index is 13.6. The van der Waals surface area contributed by atoms with Gasteiger partial charge in [0, 0.05) is 10.7 Å². The summed E-state index contributed by atoms with van der Waals surface area (Å²) in [6.07, 6.45) is 0. The van der Waals surface area contributed by atoms with Crippen LogP contribution in [0.2, 0.25) is 5.02 Å². The molecule has 2 amide bonds. The van der Waals surface area contributed by atoms with Gasteiger partial charge in [-0.3, -0.25) is 0 Å². The van der Waals surface area contributed by atoms with Crippen molar-refractivity contribution in [2.75, 3.05) is 10.6 Å². The van der Waals surface area contributed by atoms with Crippen LogP contribution in [0.5, 0.6) is 0 Å². The molecule has 2 aromatic rings. The zero-order valence-corrected chi connectivity index (χ0v) is 11.3. The Morgan fingerprint density at radius 2 is 1.75 bits per heavy atom. The van der Waals surface area contributed by atoms with E-state index in [4.69, 9.17) is 11.6 Å². The summed E-state index contributed by atoms with van der Waals surface area (Å²) in [5.74, 6) is -1.04. The number of halogens is 3. The number of urea groups is 1. The Labute approximate surface area is 119 Å². The van der Waals surface area contributed by atoms with Crippen molar-refractivity contribution in [1.29, 1.82) is 0 Å². The first-order chi connectivity index (χ1) is 9.45. The molecule has 2 N–H and O–H groups in total. The van der Waals surface area contributed by atoms with Gasteiger partial charge in [0.15, 0.2) is 0 Å². The van der Waals surface area contributed by atoms with Crippen molar-refractivity contribution in [3.8, 4) is 0 Å². The number of anilines is 2. The van der Waals surface area contributed by atoms with E-state index in [-0.39, 0.29) is 10.7 Å². The van der Waals surface area contributed by atoms with Crippen molar-refractivity contribution in [2.24, 2.45) is 0 Å². The lowest BCUT2D eigenvalue weighted by atomic mass is 10.2. The summed E-state index contributed by atoms with van der Waals surface area (Å²) >= 11 is 5.76. The summed E-state index contributed by atoms with van der Waals surface area (Å²) in [5, 5.41) is 5.11. The Kier molecular flexibility index (Phi) is 4.20. The minimum absolute atomic E-state index is 0.0199. The first kappa shape index (κ1) is 14.3. The average molecular weight is 297 g/mol. The van der Waals surface area contributed by atoms with Gasteiger partial charge in [-0.1, -0.05) is 11.6 Å². The van der Waals surface area contributed by atoms with E-state index in [0.717, 1.165) is 6.07 Å². The van der Waals surface area contributed by atoms with Gasteiger partial charge >= 0.3 is 6.03 Å². The molecule has 0 fully saturated rings. The number of hydrogen-bond acceptors (Lipinski definition) is 1. The number of carbonyl (C=O) groups excluding carboxylic acids is 1. The lowest BCUT2D eigenvalue weighted by molar-refractivity contribution is 0.262. The van der Waals surface area contributed by atoms with Gasteiger partial charge < -0.3 is 10.6 Å². The largest absolute Gasteiger partial charge is 0.323 e. The van der Waals surface area contributed by atoms with Gasteiger partial charge in [-0.25, -0.2) is 13.6 Å². The van der Waals surface area contributed by atoms with Crippen molar-refractivity contribution >= 4 is 29.0 Å². The normalized spacial score (nSPS) is 10.2. The van der Waals surface area contributed by atoms with Crippen LogP contribution in [0, 0.1) is 18.6 Å². The second kappa shape index (κ2) is 5.88. The molecule has 3 nitrogen and oxygen atoms in total. The first-order valence-corrected chi connectivity index (χ1v) is 6.13. The van der Waals surface area contributed by atoms with Gasteiger partial charge in [0.1, 0.15) is 11.6 Å². The van der Waals surface area contributed by atoms with Crippen LogP contribution in [0.15, 0.2) is 36.4 Å². The number of benzene rings is 2. The number of amides is 2. The van der Waals surface area contributed by atoms with Crippen molar-refractivity contribution in [3.05, 3.63) is 58.6 Å². The SMILES string of the molecule is Cc1cc(NC(=O)Nc2ccc(F)cc2)c(F)cc1Cl. The van der Waals surface area contributed by atoms with E-state index >= 15 is 0 Å². The first-order valence-electron chi connectivity index (χ1n) is 5.75. The summed E-state index contributed by atoms with van der Waals surface area (Å²) in [7, 11) is 0. The van der Waals surface area contributed by atoms with Crippen LogP contribution >= 0.6 is 11.6 Å². The molecule has 0 aliphatic heterocycles. The third kappa shape index (κ3) is 3.45. The molecule has 0 bridgehead atoms. The molecule has 2 aromatic carbocycles. The monoisotopic (exact) mass is 296 g/mol. The highest BCUT2D eigenvalue weighted by Gasteiger charge is 2.09. The van der Waals surface area contributed by atoms with Gasteiger partial charge in [0.05, 0.1) is 5.69 Å². The van der Waals surface area contributed by atoms with Gasteiger partial charge in [-0.05, 0) is 48.9 Å². The molecular formula is C14H11ClF2N2O. The molecule has 6 heteroatoms. The summed E-state index contributed by atoms with van der Waals surface area (Å²) in [4.78, 5) is 11.7. The number of aryl methyl sites for hydroxylation is 1. The van der Waals surface area contributed by atoms with Gasteiger partial charge in [0.25, 0.3) is 0 Å².